The first-order chi connectivity index (χ1) is 8.23. The van der Waals surface area contributed by atoms with Crippen molar-refractivity contribution < 1.29 is 22.8 Å². The molecule has 1 aromatic heterocycles. The summed E-state index contributed by atoms with van der Waals surface area (Å²) in [6.07, 6.45) is -0.427. The van der Waals surface area contributed by atoms with Crippen molar-refractivity contribution in [3.8, 4) is 0 Å². The highest BCUT2D eigenvalue weighted by molar-refractivity contribution is 7.89. The maximum absolute atomic E-state index is 11.6. The van der Waals surface area contributed by atoms with Gasteiger partial charge < -0.3 is 9.63 Å². The summed E-state index contributed by atoms with van der Waals surface area (Å²) in [7, 11) is -3.64. The summed E-state index contributed by atoms with van der Waals surface area (Å²) in [4.78, 5) is 10.4. The van der Waals surface area contributed by atoms with E-state index in [4.69, 9.17) is 9.63 Å². The minimum atomic E-state index is -3.64. The smallest absolute Gasteiger partial charge is 0.304 e. The lowest BCUT2D eigenvalue weighted by molar-refractivity contribution is -0.136. The van der Waals surface area contributed by atoms with Crippen molar-refractivity contribution in [3.05, 3.63) is 17.0 Å². The van der Waals surface area contributed by atoms with Gasteiger partial charge in [-0.25, -0.2) is 13.1 Å². The Bertz CT molecular complexity index is 515. The van der Waals surface area contributed by atoms with E-state index in [0.717, 1.165) is 0 Å². The van der Waals surface area contributed by atoms with Gasteiger partial charge in [-0.05, 0) is 20.8 Å². The average molecular weight is 276 g/mol. The minimum Gasteiger partial charge on any atom is -0.481 e. The summed E-state index contributed by atoms with van der Waals surface area (Å²) in [5.74, 6) is -1.05. The molecule has 7 nitrogen and oxygen atoms in total. The second-order valence-electron chi connectivity index (χ2n) is 4.04. The van der Waals surface area contributed by atoms with E-state index >= 15 is 0 Å². The number of sulfonamides is 1. The number of nitrogens with one attached hydrogen (secondary N) is 1. The van der Waals surface area contributed by atoms with Crippen LogP contribution in [0.3, 0.4) is 0 Å². The molecule has 0 saturated carbocycles. The van der Waals surface area contributed by atoms with Crippen LogP contribution >= 0.6 is 0 Å². The lowest BCUT2D eigenvalue weighted by Crippen LogP contribution is -2.30. The van der Waals surface area contributed by atoms with Crippen molar-refractivity contribution >= 4 is 16.0 Å². The number of hydrogen-bond donors (Lipinski definition) is 2. The molecule has 1 atom stereocenters. The predicted molar refractivity (Wildman–Crippen MR) is 63.6 cm³/mol. The maximum atomic E-state index is 11.6. The fourth-order valence-corrected chi connectivity index (χ4v) is 2.93. The molecule has 0 fully saturated rings. The van der Waals surface area contributed by atoms with Crippen LogP contribution < -0.4 is 4.72 Å². The van der Waals surface area contributed by atoms with Gasteiger partial charge >= 0.3 is 5.97 Å². The SMILES string of the molecule is Cc1noc(C)c1C(C)NS(=O)(=O)CCC(=O)O. The summed E-state index contributed by atoms with van der Waals surface area (Å²) >= 11 is 0. The van der Waals surface area contributed by atoms with Gasteiger partial charge in [0.1, 0.15) is 5.76 Å². The quantitative estimate of drug-likeness (QED) is 0.793. The van der Waals surface area contributed by atoms with Gasteiger partial charge in [0.25, 0.3) is 0 Å². The number of aryl methyl sites for hydroxylation is 2. The van der Waals surface area contributed by atoms with E-state index in [1.54, 1.807) is 20.8 Å². The van der Waals surface area contributed by atoms with Gasteiger partial charge in [0.15, 0.2) is 0 Å². The lowest BCUT2D eigenvalue weighted by Gasteiger charge is -2.13. The molecule has 1 unspecified atom stereocenters. The van der Waals surface area contributed by atoms with Gasteiger partial charge in [0.2, 0.25) is 10.0 Å². The van der Waals surface area contributed by atoms with Crippen LogP contribution in [-0.4, -0.2) is 30.4 Å². The fraction of sp³-hybridized carbons (Fsp3) is 0.600. The van der Waals surface area contributed by atoms with Crippen molar-refractivity contribution in [1.29, 1.82) is 0 Å². The van der Waals surface area contributed by atoms with Crippen molar-refractivity contribution in [1.82, 2.24) is 9.88 Å². The van der Waals surface area contributed by atoms with Gasteiger partial charge in [-0.1, -0.05) is 5.16 Å². The predicted octanol–water partition coefficient (Wildman–Crippen LogP) is 0.747. The second-order valence-corrected chi connectivity index (χ2v) is 5.91. The third-order valence-electron chi connectivity index (χ3n) is 2.46. The fourth-order valence-electron chi connectivity index (χ4n) is 1.72. The largest absolute Gasteiger partial charge is 0.481 e. The van der Waals surface area contributed by atoms with E-state index in [2.05, 4.69) is 9.88 Å². The van der Waals surface area contributed by atoms with Gasteiger partial charge in [-0.15, -0.1) is 0 Å². The van der Waals surface area contributed by atoms with Crippen molar-refractivity contribution in [2.24, 2.45) is 0 Å². The van der Waals surface area contributed by atoms with Crippen LogP contribution in [0.5, 0.6) is 0 Å². The van der Waals surface area contributed by atoms with Crippen LogP contribution in [0.4, 0.5) is 0 Å². The Balaban J connectivity index is 2.76. The molecule has 1 heterocycles. The zero-order valence-electron chi connectivity index (χ0n) is 10.4. The van der Waals surface area contributed by atoms with Crippen LogP contribution in [0.2, 0.25) is 0 Å². The third kappa shape index (κ3) is 3.81. The number of aromatic nitrogens is 1. The number of carbonyl (C=O) groups is 1. The molecule has 0 bridgehead atoms. The number of carboxylic acids is 1. The molecule has 0 saturated heterocycles. The number of nitrogens with zero attached hydrogens (tertiary/aromatic N) is 1. The van der Waals surface area contributed by atoms with E-state index in [-0.39, 0.29) is 0 Å². The maximum Gasteiger partial charge on any atom is 0.304 e. The summed E-state index contributed by atoms with van der Waals surface area (Å²) in [6, 6.07) is -0.505. The first-order valence-electron chi connectivity index (χ1n) is 5.37. The molecule has 0 amide bonds. The number of rotatable bonds is 6. The van der Waals surface area contributed by atoms with E-state index in [9.17, 15) is 13.2 Å². The Morgan fingerprint density at radius 2 is 2.11 bits per heavy atom. The van der Waals surface area contributed by atoms with Crippen molar-refractivity contribution in [2.75, 3.05) is 5.75 Å². The highest BCUT2D eigenvalue weighted by atomic mass is 32.2. The molecule has 0 aliphatic heterocycles. The summed E-state index contributed by atoms with van der Waals surface area (Å²) in [5.41, 5.74) is 1.29. The molecule has 102 valence electrons. The van der Waals surface area contributed by atoms with Crippen molar-refractivity contribution in [3.63, 3.8) is 0 Å². The second kappa shape index (κ2) is 5.49. The van der Waals surface area contributed by atoms with Crippen LogP contribution in [0.15, 0.2) is 4.52 Å². The molecular formula is C10H16N2O5S. The van der Waals surface area contributed by atoms with E-state index < -0.39 is 34.2 Å². The van der Waals surface area contributed by atoms with Crippen LogP contribution in [0.25, 0.3) is 0 Å². The summed E-state index contributed by atoms with van der Waals surface area (Å²) in [5, 5.41) is 12.2. The average Bonchev–Trinajstić information content (AvgIpc) is 2.55. The number of aliphatic carboxylic acids is 1. The molecule has 1 rings (SSSR count). The number of hydrogen-bond acceptors (Lipinski definition) is 5. The molecule has 2 N–H and O–H groups in total. The van der Waals surface area contributed by atoms with Gasteiger partial charge in [0, 0.05) is 11.6 Å². The Hall–Kier alpha value is -1.41. The molecule has 1 aromatic rings. The Morgan fingerprint density at radius 3 is 2.56 bits per heavy atom. The standard InChI is InChI=1S/C10H16N2O5S/c1-6-10(8(3)17-11-6)7(2)12-18(15,16)5-4-9(13)14/h7,12H,4-5H2,1-3H3,(H,13,14). The first kappa shape index (κ1) is 14.7. The minimum absolute atomic E-state index is 0.427. The molecule has 0 aliphatic rings. The monoisotopic (exact) mass is 276 g/mol. The van der Waals surface area contributed by atoms with E-state index in [1.165, 1.54) is 0 Å². The highest BCUT2D eigenvalue weighted by Crippen LogP contribution is 2.21. The third-order valence-corrected chi connectivity index (χ3v) is 3.92. The Labute approximate surface area is 105 Å². The summed E-state index contributed by atoms with van der Waals surface area (Å²) < 4.78 is 30.6. The number of carboxylic acid groups (broad SMARTS) is 1. The van der Waals surface area contributed by atoms with E-state index in [1.807, 2.05) is 0 Å². The van der Waals surface area contributed by atoms with Gasteiger partial charge in [0.05, 0.1) is 17.9 Å². The van der Waals surface area contributed by atoms with Crippen LogP contribution in [0.1, 0.15) is 36.4 Å². The lowest BCUT2D eigenvalue weighted by atomic mass is 10.1. The summed E-state index contributed by atoms with van der Waals surface area (Å²) in [6.45, 7) is 5.07. The Morgan fingerprint density at radius 1 is 1.50 bits per heavy atom. The van der Waals surface area contributed by atoms with Crippen LogP contribution in [-0.2, 0) is 14.8 Å². The topological polar surface area (TPSA) is 110 Å². The molecule has 8 heteroatoms. The first-order valence-corrected chi connectivity index (χ1v) is 7.02. The molecule has 0 spiro atoms. The zero-order valence-corrected chi connectivity index (χ0v) is 11.2. The van der Waals surface area contributed by atoms with E-state index in [0.29, 0.717) is 17.0 Å². The molecule has 0 aromatic carbocycles. The molecular weight excluding hydrogens is 260 g/mol. The van der Waals surface area contributed by atoms with Crippen molar-refractivity contribution in [2.45, 2.75) is 33.2 Å². The molecule has 18 heavy (non-hydrogen) atoms. The highest BCUT2D eigenvalue weighted by Gasteiger charge is 2.22. The normalized spacial score (nSPS) is 13.5. The molecule has 0 aliphatic carbocycles. The van der Waals surface area contributed by atoms with Crippen LogP contribution in [0, 0.1) is 13.8 Å². The Kier molecular flexibility index (Phi) is 4.47. The van der Waals surface area contributed by atoms with Gasteiger partial charge in [-0.3, -0.25) is 4.79 Å². The van der Waals surface area contributed by atoms with Gasteiger partial charge in [-0.2, -0.15) is 0 Å². The zero-order chi connectivity index (χ0) is 13.9. The molecule has 0 radical (unpaired) electrons.